The van der Waals surface area contributed by atoms with E-state index in [4.69, 9.17) is 11.6 Å². The number of hydrogen-bond acceptors (Lipinski definition) is 5. The van der Waals surface area contributed by atoms with E-state index in [2.05, 4.69) is 37.6 Å². The first kappa shape index (κ1) is 21.4. The van der Waals surface area contributed by atoms with Gasteiger partial charge >= 0.3 is 0 Å². The molecular weight excluding hydrogens is 436 g/mol. The van der Waals surface area contributed by atoms with Gasteiger partial charge < -0.3 is 9.88 Å². The van der Waals surface area contributed by atoms with E-state index in [1.54, 1.807) is 23.5 Å². The minimum Gasteiger partial charge on any atom is -0.324 e. The maximum atomic E-state index is 12.8. The van der Waals surface area contributed by atoms with Crippen LogP contribution in [0.4, 0.5) is 5.69 Å². The quantitative estimate of drug-likeness (QED) is 0.426. The molecule has 1 amide bonds. The maximum absolute atomic E-state index is 12.8. The molecule has 30 heavy (non-hydrogen) atoms. The number of carbonyl (C=O) groups is 1. The monoisotopic (exact) mass is 460 g/mol. The Labute approximate surface area is 190 Å². The van der Waals surface area contributed by atoms with E-state index >= 15 is 0 Å². The molecule has 0 radical (unpaired) electrons. The van der Waals surface area contributed by atoms with E-state index in [1.165, 1.54) is 35.9 Å². The van der Waals surface area contributed by atoms with Gasteiger partial charge in [0.15, 0.2) is 5.16 Å². The third-order valence-corrected chi connectivity index (χ3v) is 7.63. The largest absolute Gasteiger partial charge is 0.324 e. The molecule has 0 aliphatic heterocycles. The van der Waals surface area contributed by atoms with E-state index in [9.17, 15) is 4.79 Å². The highest BCUT2D eigenvalue weighted by Crippen LogP contribution is 2.35. The summed E-state index contributed by atoms with van der Waals surface area (Å²) in [5.41, 5.74) is 0.628. The van der Waals surface area contributed by atoms with Crippen molar-refractivity contribution in [2.45, 2.75) is 61.9 Å². The van der Waals surface area contributed by atoms with Crippen molar-refractivity contribution in [3.8, 4) is 0 Å². The number of nitrogens with one attached hydrogen (secondary N) is 1. The highest BCUT2D eigenvalue weighted by molar-refractivity contribution is 8.00. The number of amides is 1. The molecule has 8 heteroatoms. The Morgan fingerprint density at radius 2 is 2.03 bits per heavy atom. The van der Waals surface area contributed by atoms with Crippen molar-refractivity contribution >= 4 is 46.3 Å². The molecule has 0 bridgehead atoms. The van der Waals surface area contributed by atoms with E-state index in [0.29, 0.717) is 16.8 Å². The molecule has 4 rings (SSSR count). The van der Waals surface area contributed by atoms with Crippen LogP contribution in [-0.4, -0.2) is 25.9 Å². The molecule has 1 aliphatic rings. The first-order valence-electron chi connectivity index (χ1n) is 10.3. The summed E-state index contributed by atoms with van der Waals surface area (Å²) in [5.74, 6) is 0.900. The normalized spacial score (nSPS) is 15.8. The number of aromatic nitrogens is 3. The predicted octanol–water partition coefficient (Wildman–Crippen LogP) is 6.21. The van der Waals surface area contributed by atoms with E-state index < -0.39 is 0 Å². The fourth-order valence-corrected chi connectivity index (χ4v) is 5.61. The zero-order valence-corrected chi connectivity index (χ0v) is 19.3. The molecule has 1 N–H and O–H groups in total. The van der Waals surface area contributed by atoms with Gasteiger partial charge in [0.05, 0.1) is 16.0 Å². The molecule has 1 atom stereocenters. The number of para-hydroxylation sites is 1. The number of nitrogens with zero attached hydrogens (tertiary/aromatic N) is 3. The van der Waals surface area contributed by atoms with Crippen LogP contribution in [0.25, 0.3) is 0 Å². The first-order chi connectivity index (χ1) is 14.6. The van der Waals surface area contributed by atoms with Crippen LogP contribution in [0.2, 0.25) is 5.02 Å². The van der Waals surface area contributed by atoms with E-state index in [1.807, 2.05) is 19.1 Å². The SMILES string of the molecule is CC(Sc1nnc(Cc2cccs2)n1C1CCCCC1)C(=O)Nc1ccccc1Cl. The Kier molecular flexibility index (Phi) is 7.12. The molecule has 0 spiro atoms. The zero-order valence-electron chi connectivity index (χ0n) is 16.9. The molecule has 1 unspecified atom stereocenters. The summed E-state index contributed by atoms with van der Waals surface area (Å²) in [6.45, 7) is 1.90. The summed E-state index contributed by atoms with van der Waals surface area (Å²) in [6, 6.07) is 11.9. The molecule has 1 saturated carbocycles. The number of thioether (sulfide) groups is 1. The van der Waals surface area contributed by atoms with Crippen LogP contribution in [0.1, 0.15) is 55.8 Å². The van der Waals surface area contributed by atoms with E-state index in [-0.39, 0.29) is 11.2 Å². The van der Waals surface area contributed by atoms with Gasteiger partial charge in [-0.05, 0) is 43.3 Å². The molecule has 0 saturated heterocycles. The first-order valence-corrected chi connectivity index (χ1v) is 12.4. The number of rotatable bonds is 7. The molecule has 1 aliphatic carbocycles. The topological polar surface area (TPSA) is 59.8 Å². The lowest BCUT2D eigenvalue weighted by atomic mass is 9.95. The van der Waals surface area contributed by atoms with Crippen molar-refractivity contribution in [1.82, 2.24) is 14.8 Å². The van der Waals surface area contributed by atoms with Crippen molar-refractivity contribution in [3.63, 3.8) is 0 Å². The summed E-state index contributed by atoms with van der Waals surface area (Å²) >= 11 is 9.39. The second-order valence-corrected chi connectivity index (χ2v) is 10.3. The number of hydrogen-bond donors (Lipinski definition) is 1. The van der Waals surface area contributed by atoms with Gasteiger partial charge in [-0.25, -0.2) is 0 Å². The Morgan fingerprint density at radius 3 is 2.77 bits per heavy atom. The van der Waals surface area contributed by atoms with Crippen LogP contribution in [0.5, 0.6) is 0 Å². The molecule has 2 aromatic heterocycles. The Balaban J connectivity index is 1.53. The Morgan fingerprint density at radius 1 is 1.23 bits per heavy atom. The Bertz CT molecular complexity index is 983. The summed E-state index contributed by atoms with van der Waals surface area (Å²) < 4.78 is 2.29. The number of thiophene rings is 1. The standard InChI is InChI=1S/C22H25ClN4OS2/c1-15(21(28)24-19-12-6-5-11-18(19)23)30-22-26-25-20(14-17-10-7-13-29-17)27(22)16-8-3-2-4-9-16/h5-7,10-13,15-16H,2-4,8-9,14H2,1H3,(H,24,28). The van der Waals surface area contributed by atoms with Crippen LogP contribution >= 0.6 is 34.7 Å². The van der Waals surface area contributed by atoms with Crippen LogP contribution in [0, 0.1) is 0 Å². The molecule has 1 aromatic carbocycles. The van der Waals surface area contributed by atoms with Crippen LogP contribution in [0.15, 0.2) is 46.9 Å². The highest BCUT2D eigenvalue weighted by atomic mass is 35.5. The van der Waals surface area contributed by atoms with Gasteiger partial charge in [0.1, 0.15) is 5.82 Å². The van der Waals surface area contributed by atoms with Crippen molar-refractivity contribution in [1.29, 1.82) is 0 Å². The van der Waals surface area contributed by atoms with Gasteiger partial charge in [-0.3, -0.25) is 4.79 Å². The molecule has 1 fully saturated rings. The fourth-order valence-electron chi connectivity index (χ4n) is 3.79. The average molecular weight is 461 g/mol. The number of carbonyl (C=O) groups excluding carboxylic acids is 1. The third kappa shape index (κ3) is 5.07. The molecule has 2 heterocycles. The zero-order chi connectivity index (χ0) is 20.9. The minimum atomic E-state index is -0.317. The summed E-state index contributed by atoms with van der Waals surface area (Å²) in [5, 5.41) is 15.1. The van der Waals surface area contributed by atoms with Crippen molar-refractivity contribution in [2.24, 2.45) is 0 Å². The number of halogens is 1. The lowest BCUT2D eigenvalue weighted by Gasteiger charge is -2.26. The van der Waals surface area contributed by atoms with Gasteiger partial charge in [-0.15, -0.1) is 21.5 Å². The van der Waals surface area contributed by atoms with Crippen LogP contribution < -0.4 is 5.32 Å². The van der Waals surface area contributed by atoms with E-state index in [0.717, 1.165) is 30.2 Å². The highest BCUT2D eigenvalue weighted by Gasteiger charge is 2.26. The fraction of sp³-hybridized carbons (Fsp3) is 0.409. The smallest absolute Gasteiger partial charge is 0.237 e. The van der Waals surface area contributed by atoms with Crippen LogP contribution in [0.3, 0.4) is 0 Å². The summed E-state index contributed by atoms with van der Waals surface area (Å²) in [7, 11) is 0. The van der Waals surface area contributed by atoms with Crippen molar-refractivity contribution in [3.05, 3.63) is 57.5 Å². The van der Waals surface area contributed by atoms with Crippen LogP contribution in [-0.2, 0) is 11.2 Å². The van der Waals surface area contributed by atoms with Gasteiger partial charge in [-0.2, -0.15) is 0 Å². The van der Waals surface area contributed by atoms with Crippen molar-refractivity contribution < 1.29 is 4.79 Å². The van der Waals surface area contributed by atoms with Crippen molar-refractivity contribution in [2.75, 3.05) is 5.32 Å². The lowest BCUT2D eigenvalue weighted by molar-refractivity contribution is -0.115. The minimum absolute atomic E-state index is 0.0916. The van der Waals surface area contributed by atoms with Gasteiger partial charge in [0, 0.05) is 17.3 Å². The van der Waals surface area contributed by atoms with Gasteiger partial charge in [0.25, 0.3) is 0 Å². The Hall–Kier alpha value is -1.83. The second-order valence-electron chi connectivity index (χ2n) is 7.55. The summed E-state index contributed by atoms with van der Waals surface area (Å²) in [6.07, 6.45) is 6.81. The summed E-state index contributed by atoms with van der Waals surface area (Å²) in [4.78, 5) is 14.1. The lowest BCUT2D eigenvalue weighted by Crippen LogP contribution is -2.24. The number of anilines is 1. The molecule has 3 aromatic rings. The average Bonchev–Trinajstić information content (AvgIpc) is 3.41. The molecular formula is C22H25ClN4OS2. The number of benzene rings is 1. The third-order valence-electron chi connectivity index (χ3n) is 5.37. The predicted molar refractivity (Wildman–Crippen MR) is 125 cm³/mol. The second kappa shape index (κ2) is 9.98. The van der Waals surface area contributed by atoms with Gasteiger partial charge in [0.2, 0.25) is 5.91 Å². The molecule has 5 nitrogen and oxygen atoms in total. The maximum Gasteiger partial charge on any atom is 0.237 e. The molecule has 158 valence electrons. The van der Waals surface area contributed by atoms with Gasteiger partial charge in [-0.1, -0.05) is 60.8 Å².